The van der Waals surface area contributed by atoms with Crippen LogP contribution < -0.4 is 21.3 Å². The van der Waals surface area contributed by atoms with E-state index in [1.807, 2.05) is 31.2 Å². The second-order valence-electron chi connectivity index (χ2n) is 7.54. The van der Waals surface area contributed by atoms with Gasteiger partial charge in [-0.25, -0.2) is 9.97 Å². The van der Waals surface area contributed by atoms with Crippen molar-refractivity contribution >= 4 is 23.2 Å². The molecular weight excluding hydrogens is 436 g/mol. The fourth-order valence-electron chi connectivity index (χ4n) is 3.28. The number of morpholine rings is 1. The first-order valence-electron chi connectivity index (χ1n) is 10.8. The number of nitrogens with one attached hydrogen (secondary N) is 4. The van der Waals surface area contributed by atoms with Crippen LogP contribution in [0.25, 0.3) is 0 Å². The highest BCUT2D eigenvalue weighted by molar-refractivity contribution is 5.98. The fraction of sp³-hybridized carbons (Fsp3) is 0.318. The highest BCUT2D eigenvalue weighted by atomic mass is 16.5. The Labute approximate surface area is 196 Å². The van der Waals surface area contributed by atoms with Crippen LogP contribution in [0.15, 0.2) is 42.9 Å². The lowest BCUT2D eigenvalue weighted by Crippen LogP contribution is -2.42. The lowest BCUT2D eigenvalue weighted by atomic mass is 10.2. The number of carbonyl (C=O) groups excluding carboxylic acids is 1. The lowest BCUT2D eigenvalue weighted by molar-refractivity contribution is 0.0372. The zero-order valence-corrected chi connectivity index (χ0v) is 18.5. The van der Waals surface area contributed by atoms with Crippen LogP contribution in [0.2, 0.25) is 0 Å². The van der Waals surface area contributed by atoms with Gasteiger partial charge >= 0.3 is 0 Å². The number of hydrogen-bond donors (Lipinski definition) is 4. The van der Waals surface area contributed by atoms with E-state index in [-0.39, 0.29) is 29.4 Å². The Morgan fingerprint density at radius 3 is 2.88 bits per heavy atom. The van der Waals surface area contributed by atoms with Crippen molar-refractivity contribution < 1.29 is 9.53 Å². The second-order valence-corrected chi connectivity index (χ2v) is 7.54. The maximum absolute atomic E-state index is 13.0. The molecular formula is C22H24N10O2. The van der Waals surface area contributed by atoms with E-state index >= 15 is 0 Å². The van der Waals surface area contributed by atoms with Crippen molar-refractivity contribution in [2.75, 3.05) is 36.9 Å². The molecule has 1 saturated heterocycles. The molecule has 34 heavy (non-hydrogen) atoms. The van der Waals surface area contributed by atoms with Gasteiger partial charge in [-0.3, -0.25) is 9.78 Å². The molecule has 1 fully saturated rings. The first kappa shape index (κ1) is 23.0. The molecule has 4 rings (SSSR count). The van der Waals surface area contributed by atoms with Crippen molar-refractivity contribution in [2.45, 2.75) is 19.1 Å². The smallest absolute Gasteiger partial charge is 0.274 e. The van der Waals surface area contributed by atoms with E-state index in [0.717, 1.165) is 12.2 Å². The minimum Gasteiger partial charge on any atom is -0.380 e. The summed E-state index contributed by atoms with van der Waals surface area (Å²) in [6.07, 6.45) is 4.40. The highest BCUT2D eigenvalue weighted by Gasteiger charge is 2.20. The fourth-order valence-corrected chi connectivity index (χ4v) is 3.28. The quantitative estimate of drug-likeness (QED) is 0.381. The van der Waals surface area contributed by atoms with E-state index < -0.39 is 0 Å². The van der Waals surface area contributed by atoms with Gasteiger partial charge in [-0.15, -0.1) is 10.2 Å². The number of nitriles is 1. The number of carbonyl (C=O) groups is 1. The Kier molecular flexibility index (Phi) is 7.49. The molecule has 0 radical (unpaired) electrons. The Morgan fingerprint density at radius 2 is 2.18 bits per heavy atom. The molecule has 0 aromatic carbocycles. The number of rotatable bonds is 8. The first-order chi connectivity index (χ1) is 16.6. The molecule has 1 amide bonds. The van der Waals surface area contributed by atoms with Crippen LogP contribution >= 0.6 is 0 Å². The number of aromatic nitrogens is 5. The summed E-state index contributed by atoms with van der Waals surface area (Å²) < 4.78 is 5.74. The van der Waals surface area contributed by atoms with Crippen LogP contribution in [-0.2, 0) is 4.74 Å². The predicted molar refractivity (Wildman–Crippen MR) is 123 cm³/mol. The molecule has 2 unspecified atom stereocenters. The largest absolute Gasteiger partial charge is 0.380 e. The summed E-state index contributed by atoms with van der Waals surface area (Å²) in [6, 6.07) is 8.79. The Hall–Kier alpha value is -4.21. The van der Waals surface area contributed by atoms with Crippen molar-refractivity contribution in [1.82, 2.24) is 35.8 Å². The molecule has 4 N–H and O–H groups in total. The van der Waals surface area contributed by atoms with E-state index in [9.17, 15) is 4.79 Å². The summed E-state index contributed by atoms with van der Waals surface area (Å²) >= 11 is 0. The molecule has 0 bridgehead atoms. The van der Waals surface area contributed by atoms with Crippen molar-refractivity contribution in [1.29, 1.82) is 5.26 Å². The number of ether oxygens (including phenoxy) is 1. The number of hydrogen-bond acceptors (Lipinski definition) is 11. The van der Waals surface area contributed by atoms with Gasteiger partial charge in [0.25, 0.3) is 5.91 Å². The number of nitrogens with zero attached hydrogens (tertiary/aromatic N) is 6. The summed E-state index contributed by atoms with van der Waals surface area (Å²) in [5.74, 6) is 0.360. The molecule has 1 aliphatic heterocycles. The van der Waals surface area contributed by atoms with E-state index in [0.29, 0.717) is 37.0 Å². The van der Waals surface area contributed by atoms with Gasteiger partial charge in [-0.2, -0.15) is 5.26 Å². The minimum absolute atomic E-state index is 0.0499. The third-order valence-electron chi connectivity index (χ3n) is 5.04. The molecule has 2 atom stereocenters. The Bertz CT molecular complexity index is 1140. The predicted octanol–water partition coefficient (Wildman–Crippen LogP) is 1.17. The van der Waals surface area contributed by atoms with Gasteiger partial charge in [0.05, 0.1) is 42.5 Å². The molecule has 0 spiro atoms. The molecule has 1 aliphatic rings. The van der Waals surface area contributed by atoms with Crippen molar-refractivity contribution in [3.63, 3.8) is 0 Å². The monoisotopic (exact) mass is 460 g/mol. The molecule has 3 aromatic rings. The van der Waals surface area contributed by atoms with Gasteiger partial charge < -0.3 is 26.0 Å². The number of anilines is 3. The molecule has 3 aromatic heterocycles. The zero-order valence-electron chi connectivity index (χ0n) is 18.5. The van der Waals surface area contributed by atoms with Gasteiger partial charge in [-0.05, 0) is 19.1 Å². The van der Waals surface area contributed by atoms with E-state index in [1.54, 1.807) is 12.3 Å². The summed E-state index contributed by atoms with van der Waals surface area (Å²) in [5.41, 5.74) is 1.56. The van der Waals surface area contributed by atoms with E-state index in [1.165, 1.54) is 12.4 Å². The van der Waals surface area contributed by atoms with Crippen molar-refractivity contribution in [2.24, 2.45) is 0 Å². The normalized spacial score (nSPS) is 16.2. The third-order valence-corrected chi connectivity index (χ3v) is 5.04. The third kappa shape index (κ3) is 5.97. The second kappa shape index (κ2) is 11.1. The van der Waals surface area contributed by atoms with Crippen LogP contribution in [0.5, 0.6) is 0 Å². The van der Waals surface area contributed by atoms with Gasteiger partial charge in [0.2, 0.25) is 0 Å². The van der Waals surface area contributed by atoms with E-state index in [4.69, 9.17) is 10.00 Å². The number of amides is 1. The molecule has 0 saturated carbocycles. The Balaban J connectivity index is 1.53. The average molecular weight is 461 g/mol. The topological polar surface area (TPSA) is 163 Å². The lowest BCUT2D eigenvalue weighted by Gasteiger charge is -2.24. The standard InChI is InChI=1S/C22H24N10O2/c1-14(17-4-2-3-5-25-17)29-22(33)21-18(27-12-16-11-24-6-7-34-16)8-19(31-32-21)30-20-13-26-15(9-23)10-28-20/h2-5,8,10,13-14,16,24H,6-7,11-12H2,1H3,(H,29,33)(H2,27,28,30,31). The molecule has 12 heteroatoms. The van der Waals surface area contributed by atoms with Crippen LogP contribution in [0.1, 0.15) is 34.8 Å². The maximum atomic E-state index is 13.0. The summed E-state index contributed by atoms with van der Waals surface area (Å²) in [6.45, 7) is 4.47. The van der Waals surface area contributed by atoms with Crippen LogP contribution in [0.3, 0.4) is 0 Å². The average Bonchev–Trinajstić information content (AvgIpc) is 2.89. The molecule has 0 aliphatic carbocycles. The zero-order chi connectivity index (χ0) is 23.8. The first-order valence-corrected chi connectivity index (χ1v) is 10.8. The SMILES string of the molecule is CC(NC(=O)c1nnc(Nc2cnc(C#N)cn2)cc1NCC1CNCCO1)c1ccccn1. The van der Waals surface area contributed by atoms with Gasteiger partial charge in [0, 0.05) is 31.9 Å². The number of pyridine rings is 1. The maximum Gasteiger partial charge on any atom is 0.274 e. The highest BCUT2D eigenvalue weighted by Crippen LogP contribution is 2.20. The van der Waals surface area contributed by atoms with Crippen LogP contribution in [0.4, 0.5) is 17.3 Å². The van der Waals surface area contributed by atoms with Crippen LogP contribution in [0, 0.1) is 11.3 Å². The molecule has 4 heterocycles. The molecule has 174 valence electrons. The summed E-state index contributed by atoms with van der Waals surface area (Å²) in [4.78, 5) is 25.4. The van der Waals surface area contributed by atoms with Crippen molar-refractivity contribution in [3.05, 3.63) is 59.9 Å². The summed E-state index contributed by atoms with van der Waals surface area (Å²) in [7, 11) is 0. The Morgan fingerprint density at radius 1 is 1.26 bits per heavy atom. The van der Waals surface area contributed by atoms with Crippen molar-refractivity contribution in [3.8, 4) is 6.07 Å². The van der Waals surface area contributed by atoms with E-state index in [2.05, 4.69) is 46.4 Å². The van der Waals surface area contributed by atoms with Gasteiger partial charge in [0.15, 0.2) is 17.2 Å². The van der Waals surface area contributed by atoms with Gasteiger partial charge in [0.1, 0.15) is 11.9 Å². The minimum atomic E-state index is -0.388. The van der Waals surface area contributed by atoms with Crippen LogP contribution in [-0.4, -0.2) is 63.4 Å². The van der Waals surface area contributed by atoms with Gasteiger partial charge in [-0.1, -0.05) is 6.07 Å². The summed E-state index contributed by atoms with van der Waals surface area (Å²) in [5, 5.41) is 29.6. The molecule has 12 nitrogen and oxygen atoms in total.